The van der Waals surface area contributed by atoms with Gasteiger partial charge in [-0.25, -0.2) is 0 Å². The highest BCUT2D eigenvalue weighted by molar-refractivity contribution is 5.61. The Morgan fingerprint density at radius 3 is 2.38 bits per heavy atom. The van der Waals surface area contributed by atoms with E-state index in [0.29, 0.717) is 12.1 Å². The van der Waals surface area contributed by atoms with Crippen molar-refractivity contribution in [1.29, 1.82) is 0 Å². The Morgan fingerprint density at radius 2 is 1.85 bits per heavy atom. The Labute approximate surface area is 163 Å². The summed E-state index contributed by atoms with van der Waals surface area (Å²) >= 11 is 0. The third-order valence-electron chi connectivity index (χ3n) is 7.11. The van der Waals surface area contributed by atoms with Crippen molar-refractivity contribution in [3.8, 4) is 0 Å². The Hall–Kier alpha value is -0.410. The van der Waals surface area contributed by atoms with Crippen molar-refractivity contribution in [2.75, 3.05) is 13.1 Å². The van der Waals surface area contributed by atoms with Crippen molar-refractivity contribution in [2.24, 2.45) is 28.5 Å². The van der Waals surface area contributed by atoms with E-state index in [1.54, 1.807) is 0 Å². The van der Waals surface area contributed by atoms with Crippen LogP contribution in [-0.4, -0.2) is 41.8 Å². The van der Waals surface area contributed by atoms with E-state index in [0.717, 1.165) is 30.8 Å². The number of rotatable bonds is 10. The van der Waals surface area contributed by atoms with E-state index >= 15 is 0 Å². The number of nitrogens with zero attached hydrogens (tertiary/aromatic N) is 2. The molecule has 5 unspecified atom stereocenters. The maximum Gasteiger partial charge on any atom is 0.0563 e. The molecule has 1 heterocycles. The average molecular weight is 364 g/mol. The fourth-order valence-electron chi connectivity index (χ4n) is 5.73. The molecule has 2 N–H and O–H groups in total. The van der Waals surface area contributed by atoms with Gasteiger partial charge in [0.25, 0.3) is 0 Å². The third-order valence-corrected chi connectivity index (χ3v) is 7.11. The topological polar surface area (TPSA) is 41.6 Å². The summed E-state index contributed by atoms with van der Waals surface area (Å²) in [5.74, 6) is 2.58. The lowest BCUT2D eigenvalue weighted by Crippen LogP contribution is -2.54. The van der Waals surface area contributed by atoms with Gasteiger partial charge in [-0.1, -0.05) is 40.0 Å². The summed E-state index contributed by atoms with van der Waals surface area (Å²) in [7, 11) is 0. The second-order valence-corrected chi connectivity index (χ2v) is 9.47. The zero-order valence-electron chi connectivity index (χ0n) is 18.2. The summed E-state index contributed by atoms with van der Waals surface area (Å²) in [6.07, 6.45) is 14.0. The Morgan fingerprint density at radius 1 is 1.12 bits per heavy atom. The van der Waals surface area contributed by atoms with E-state index < -0.39 is 0 Å². The van der Waals surface area contributed by atoms with E-state index in [1.807, 2.05) is 0 Å². The van der Waals surface area contributed by atoms with Crippen LogP contribution < -0.4 is 5.73 Å². The minimum atomic E-state index is 0.0815. The van der Waals surface area contributed by atoms with Crippen molar-refractivity contribution in [3.05, 3.63) is 0 Å². The smallest absolute Gasteiger partial charge is 0.0563 e. The average Bonchev–Trinajstić information content (AvgIpc) is 2.70. The summed E-state index contributed by atoms with van der Waals surface area (Å²) in [6.45, 7) is 13.6. The first kappa shape index (κ1) is 21.9. The van der Waals surface area contributed by atoms with Crippen LogP contribution in [0.2, 0.25) is 0 Å². The largest absolute Gasteiger partial charge is 0.330 e. The van der Waals surface area contributed by atoms with Gasteiger partial charge < -0.3 is 5.73 Å². The molecule has 0 amide bonds. The minimum absolute atomic E-state index is 0.0815. The molecular formula is C23H45N3. The van der Waals surface area contributed by atoms with Crippen LogP contribution in [0.5, 0.6) is 0 Å². The third kappa shape index (κ3) is 5.32. The Kier molecular flexibility index (Phi) is 8.60. The number of nitrogens with two attached hydrogens (primary N) is 1. The molecule has 0 saturated heterocycles. The lowest BCUT2D eigenvalue weighted by atomic mass is 9.60. The molecule has 152 valence electrons. The zero-order chi connectivity index (χ0) is 19.2. The second-order valence-electron chi connectivity index (χ2n) is 9.47. The Bertz CT molecular complexity index is 425. The standard InChI is InChI=1S/C23H45N3/c1-6-9-18(13-14-24)20-11-12-21(20)22-17-23(4,5)25-15-16-26(22)19(8-3)10-7-2/h15,18-22H,6-14,16-17,24H2,1-5H3. The quantitative estimate of drug-likeness (QED) is 0.573. The minimum Gasteiger partial charge on any atom is -0.330 e. The summed E-state index contributed by atoms with van der Waals surface area (Å²) < 4.78 is 0. The van der Waals surface area contributed by atoms with Crippen molar-refractivity contribution >= 4 is 6.21 Å². The van der Waals surface area contributed by atoms with Crippen LogP contribution in [0.25, 0.3) is 0 Å². The lowest BCUT2D eigenvalue weighted by molar-refractivity contribution is -0.0135. The maximum atomic E-state index is 5.97. The zero-order valence-corrected chi connectivity index (χ0v) is 18.2. The SMILES string of the molecule is CCCC(CCN)C1CCC1C1CC(C)(C)N=CCN1C(CC)CCC. The molecule has 0 aromatic carbocycles. The van der Waals surface area contributed by atoms with Gasteiger partial charge in [0.15, 0.2) is 0 Å². The molecule has 0 aromatic heterocycles. The van der Waals surface area contributed by atoms with Gasteiger partial charge in [0, 0.05) is 24.8 Å². The van der Waals surface area contributed by atoms with E-state index in [-0.39, 0.29) is 5.54 Å². The predicted octanol–water partition coefficient (Wildman–Crippen LogP) is 5.28. The normalized spacial score (nSPS) is 31.2. The summed E-state index contributed by atoms with van der Waals surface area (Å²) in [4.78, 5) is 7.78. The molecule has 0 spiro atoms. The first-order valence-corrected chi connectivity index (χ1v) is 11.5. The van der Waals surface area contributed by atoms with Crippen LogP contribution in [0.4, 0.5) is 0 Å². The molecular weight excluding hydrogens is 318 g/mol. The van der Waals surface area contributed by atoms with Gasteiger partial charge in [-0.15, -0.1) is 0 Å². The van der Waals surface area contributed by atoms with Crippen LogP contribution in [-0.2, 0) is 0 Å². The lowest BCUT2D eigenvalue weighted by Gasteiger charge is -2.51. The molecule has 1 aliphatic heterocycles. The number of aliphatic imine (C=N–C) groups is 1. The molecule has 0 radical (unpaired) electrons. The summed E-state index contributed by atoms with van der Waals surface area (Å²) in [5, 5.41) is 0. The Balaban J connectivity index is 2.21. The predicted molar refractivity (Wildman–Crippen MR) is 115 cm³/mol. The van der Waals surface area contributed by atoms with Crippen LogP contribution in [0.15, 0.2) is 4.99 Å². The number of hydrogen-bond acceptors (Lipinski definition) is 3. The molecule has 5 atom stereocenters. The van der Waals surface area contributed by atoms with Gasteiger partial charge >= 0.3 is 0 Å². The van der Waals surface area contributed by atoms with E-state index in [1.165, 1.54) is 57.8 Å². The molecule has 26 heavy (non-hydrogen) atoms. The monoisotopic (exact) mass is 363 g/mol. The summed E-state index contributed by atoms with van der Waals surface area (Å²) in [6, 6.07) is 1.41. The van der Waals surface area contributed by atoms with Crippen LogP contribution in [0.3, 0.4) is 0 Å². The van der Waals surface area contributed by atoms with E-state index in [4.69, 9.17) is 10.7 Å². The molecule has 0 aromatic rings. The highest BCUT2D eigenvalue weighted by Crippen LogP contribution is 2.48. The highest BCUT2D eigenvalue weighted by atomic mass is 15.2. The fourth-order valence-corrected chi connectivity index (χ4v) is 5.73. The molecule has 2 aliphatic rings. The number of hydrogen-bond donors (Lipinski definition) is 1. The van der Waals surface area contributed by atoms with Gasteiger partial charge in [-0.3, -0.25) is 9.89 Å². The van der Waals surface area contributed by atoms with Crippen molar-refractivity contribution in [1.82, 2.24) is 4.90 Å². The molecule has 1 saturated carbocycles. The van der Waals surface area contributed by atoms with Gasteiger partial charge in [0.1, 0.15) is 0 Å². The van der Waals surface area contributed by atoms with Crippen LogP contribution >= 0.6 is 0 Å². The summed E-state index contributed by atoms with van der Waals surface area (Å²) in [5.41, 5.74) is 6.06. The molecule has 3 nitrogen and oxygen atoms in total. The van der Waals surface area contributed by atoms with E-state index in [9.17, 15) is 0 Å². The van der Waals surface area contributed by atoms with Gasteiger partial charge in [0.2, 0.25) is 0 Å². The van der Waals surface area contributed by atoms with Crippen molar-refractivity contribution in [2.45, 2.75) is 110 Å². The first-order chi connectivity index (χ1) is 12.5. The van der Waals surface area contributed by atoms with Crippen molar-refractivity contribution in [3.63, 3.8) is 0 Å². The molecule has 1 aliphatic carbocycles. The van der Waals surface area contributed by atoms with Crippen molar-refractivity contribution < 1.29 is 0 Å². The fraction of sp³-hybridized carbons (Fsp3) is 0.957. The van der Waals surface area contributed by atoms with Crippen LogP contribution in [0.1, 0.15) is 92.4 Å². The second kappa shape index (κ2) is 10.2. The maximum absolute atomic E-state index is 5.97. The first-order valence-electron chi connectivity index (χ1n) is 11.5. The van der Waals surface area contributed by atoms with Gasteiger partial charge in [0.05, 0.1) is 5.54 Å². The highest BCUT2D eigenvalue weighted by Gasteiger charge is 2.45. The van der Waals surface area contributed by atoms with Crippen LogP contribution in [0, 0.1) is 17.8 Å². The van der Waals surface area contributed by atoms with E-state index in [2.05, 4.69) is 45.7 Å². The molecule has 2 rings (SSSR count). The molecule has 1 fully saturated rings. The van der Waals surface area contributed by atoms with Gasteiger partial charge in [-0.05, 0) is 76.7 Å². The molecule has 0 bridgehead atoms. The molecule has 3 heteroatoms. The van der Waals surface area contributed by atoms with Gasteiger partial charge in [-0.2, -0.15) is 0 Å².